The molecule has 0 unspecified atom stereocenters. The summed E-state index contributed by atoms with van der Waals surface area (Å²) in [5.41, 5.74) is 0.683. The fourth-order valence-corrected chi connectivity index (χ4v) is 2.57. The molecule has 1 aromatic rings. The van der Waals surface area contributed by atoms with Crippen LogP contribution in [-0.4, -0.2) is 16.5 Å². The van der Waals surface area contributed by atoms with Gasteiger partial charge in [-0.1, -0.05) is 19.9 Å². The van der Waals surface area contributed by atoms with Gasteiger partial charge in [0.2, 0.25) is 0 Å². The minimum Gasteiger partial charge on any atom is -0.507 e. The van der Waals surface area contributed by atoms with E-state index in [0.29, 0.717) is 12.0 Å². The smallest absolute Gasteiger partial charge is 0.327 e. The molecule has 0 radical (unpaired) electrons. The van der Waals surface area contributed by atoms with Crippen molar-refractivity contribution in [3.05, 3.63) is 29.3 Å². The summed E-state index contributed by atoms with van der Waals surface area (Å²) in [6.45, 7) is 5.36. The lowest BCUT2D eigenvalue weighted by atomic mass is 9.88. The van der Waals surface area contributed by atoms with Crippen molar-refractivity contribution >= 4 is 14.5 Å². The largest absolute Gasteiger partial charge is 0.507 e. The van der Waals surface area contributed by atoms with Gasteiger partial charge in [0.1, 0.15) is 5.75 Å². The Morgan fingerprint density at radius 3 is 2.47 bits per heavy atom. The highest BCUT2D eigenvalue weighted by Gasteiger charge is 2.28. The molecule has 0 amide bonds. The van der Waals surface area contributed by atoms with Crippen LogP contribution < -0.4 is 0 Å². The van der Waals surface area contributed by atoms with Crippen molar-refractivity contribution in [2.75, 3.05) is 0 Å². The highest BCUT2D eigenvalue weighted by molar-refractivity contribution is 7.17. The zero-order chi connectivity index (χ0) is 14.5. The Kier molecular flexibility index (Phi) is 5.64. The number of carbonyl (C=O) groups is 1. The number of hydrogen-bond donors (Lipinski definition) is 1. The number of benzene rings is 1. The maximum atomic E-state index is 11.4. The van der Waals surface area contributed by atoms with E-state index < -0.39 is 5.60 Å². The standard InChI is InChI=1S/C14H19O4P/c1-4-14(5-2,18-19-17)9-11-6-7-13(16)12(8-11)10(3)15/h6-8,16H,4-5,9H2,1-3H3. The molecule has 0 bridgehead atoms. The van der Waals surface area contributed by atoms with E-state index in [-0.39, 0.29) is 20.2 Å². The lowest BCUT2D eigenvalue weighted by Gasteiger charge is -2.28. The Bertz CT molecular complexity index is 467. The lowest BCUT2D eigenvalue weighted by molar-refractivity contribution is 0.0757. The predicted molar refractivity (Wildman–Crippen MR) is 73.8 cm³/mol. The summed E-state index contributed by atoms with van der Waals surface area (Å²) in [6.07, 6.45) is 1.99. The molecule has 0 spiro atoms. The molecule has 1 aromatic carbocycles. The molecular weight excluding hydrogens is 263 g/mol. The first-order chi connectivity index (χ1) is 8.98. The molecule has 5 heteroatoms. The van der Waals surface area contributed by atoms with Crippen LogP contribution in [0.3, 0.4) is 0 Å². The van der Waals surface area contributed by atoms with E-state index in [1.165, 1.54) is 13.0 Å². The van der Waals surface area contributed by atoms with Crippen molar-refractivity contribution < 1.29 is 19.0 Å². The van der Waals surface area contributed by atoms with Crippen LogP contribution in [0.4, 0.5) is 0 Å². The summed E-state index contributed by atoms with van der Waals surface area (Å²) in [6, 6.07) is 4.94. The first-order valence-corrected chi connectivity index (χ1v) is 7.04. The zero-order valence-electron chi connectivity index (χ0n) is 11.5. The van der Waals surface area contributed by atoms with Crippen molar-refractivity contribution in [3.63, 3.8) is 0 Å². The van der Waals surface area contributed by atoms with Gasteiger partial charge < -0.3 is 5.11 Å². The second kappa shape index (κ2) is 6.78. The molecule has 0 heterocycles. The van der Waals surface area contributed by atoms with E-state index in [2.05, 4.69) is 0 Å². The van der Waals surface area contributed by atoms with Crippen LogP contribution in [0.1, 0.15) is 49.5 Å². The van der Waals surface area contributed by atoms with Gasteiger partial charge in [-0.15, -0.1) is 0 Å². The summed E-state index contributed by atoms with van der Waals surface area (Å²) < 4.78 is 16.1. The van der Waals surface area contributed by atoms with Gasteiger partial charge in [0, 0.05) is 6.42 Å². The average Bonchev–Trinajstić information content (AvgIpc) is 2.40. The number of rotatable bonds is 7. The minimum absolute atomic E-state index is 0.0160. The first kappa shape index (κ1) is 15.8. The fraction of sp³-hybridized carbons (Fsp3) is 0.500. The Hall–Kier alpha value is -1.25. The highest BCUT2D eigenvalue weighted by atomic mass is 31.1. The van der Waals surface area contributed by atoms with E-state index in [1.54, 1.807) is 12.1 Å². The number of hydrogen-bond acceptors (Lipinski definition) is 4. The monoisotopic (exact) mass is 282 g/mol. The molecule has 19 heavy (non-hydrogen) atoms. The summed E-state index contributed by atoms with van der Waals surface area (Å²) in [4.78, 5) is 11.4. The second-order valence-electron chi connectivity index (χ2n) is 4.64. The maximum absolute atomic E-state index is 11.4. The van der Waals surface area contributed by atoms with E-state index in [4.69, 9.17) is 4.52 Å². The fourth-order valence-electron chi connectivity index (χ4n) is 2.09. The number of carbonyl (C=O) groups excluding carboxylic acids is 1. The third kappa shape index (κ3) is 3.85. The zero-order valence-corrected chi connectivity index (χ0v) is 12.4. The summed E-state index contributed by atoms with van der Waals surface area (Å²) >= 11 is 0. The van der Waals surface area contributed by atoms with Crippen LogP contribution in [-0.2, 0) is 15.5 Å². The molecule has 0 aromatic heterocycles. The van der Waals surface area contributed by atoms with Gasteiger partial charge in [0.05, 0.1) is 11.2 Å². The van der Waals surface area contributed by atoms with E-state index in [9.17, 15) is 14.5 Å². The summed E-state index contributed by atoms with van der Waals surface area (Å²) in [7, 11) is -0.339. The molecule has 0 saturated carbocycles. The topological polar surface area (TPSA) is 63.6 Å². The van der Waals surface area contributed by atoms with Crippen molar-refractivity contribution in [2.45, 2.75) is 45.6 Å². The lowest BCUT2D eigenvalue weighted by Crippen LogP contribution is -2.30. The third-order valence-corrected chi connectivity index (χ3v) is 3.95. The molecule has 4 nitrogen and oxygen atoms in total. The van der Waals surface area contributed by atoms with Crippen LogP contribution in [0.2, 0.25) is 0 Å². The van der Waals surface area contributed by atoms with Gasteiger partial charge in [-0.25, -0.2) is 4.57 Å². The summed E-state index contributed by atoms with van der Waals surface area (Å²) in [5.74, 6) is -0.196. The summed E-state index contributed by atoms with van der Waals surface area (Å²) in [5, 5.41) is 9.62. The van der Waals surface area contributed by atoms with Gasteiger partial charge in [-0.3, -0.25) is 9.32 Å². The number of phenolic OH excluding ortho intramolecular Hbond substituents is 1. The van der Waals surface area contributed by atoms with Crippen LogP contribution in [0, 0.1) is 0 Å². The Balaban J connectivity index is 3.06. The SMILES string of the molecule is CCC(CC)(Cc1ccc(O)c(C(C)=O)c1)OP=O. The van der Waals surface area contributed by atoms with E-state index in [1.807, 2.05) is 13.8 Å². The molecule has 0 aliphatic rings. The third-order valence-electron chi connectivity index (χ3n) is 3.49. The number of aromatic hydroxyl groups is 1. The van der Waals surface area contributed by atoms with Gasteiger partial charge in [-0.05, 0) is 37.5 Å². The maximum Gasteiger partial charge on any atom is 0.327 e. The van der Waals surface area contributed by atoms with Crippen molar-refractivity contribution in [1.82, 2.24) is 0 Å². The predicted octanol–water partition coefficient (Wildman–Crippen LogP) is 3.92. The minimum atomic E-state index is -0.506. The quantitative estimate of drug-likeness (QED) is 0.608. The van der Waals surface area contributed by atoms with Crippen molar-refractivity contribution in [3.8, 4) is 5.75 Å². The molecule has 1 N–H and O–H groups in total. The van der Waals surface area contributed by atoms with Gasteiger partial charge in [-0.2, -0.15) is 0 Å². The molecular formula is C14H19O4P. The molecule has 1 rings (SSSR count). The van der Waals surface area contributed by atoms with E-state index >= 15 is 0 Å². The van der Waals surface area contributed by atoms with Gasteiger partial charge >= 0.3 is 8.69 Å². The van der Waals surface area contributed by atoms with Gasteiger partial charge in [0.15, 0.2) is 5.78 Å². The first-order valence-electron chi connectivity index (χ1n) is 6.31. The molecule has 104 valence electrons. The molecule has 0 fully saturated rings. The van der Waals surface area contributed by atoms with Crippen LogP contribution in [0.25, 0.3) is 0 Å². The average molecular weight is 282 g/mol. The van der Waals surface area contributed by atoms with Crippen LogP contribution in [0.5, 0.6) is 5.75 Å². The molecule has 0 aliphatic heterocycles. The second-order valence-corrected chi connectivity index (χ2v) is 4.97. The Morgan fingerprint density at radius 1 is 1.37 bits per heavy atom. The normalized spacial score (nSPS) is 11.7. The van der Waals surface area contributed by atoms with Crippen molar-refractivity contribution in [2.24, 2.45) is 0 Å². The van der Waals surface area contributed by atoms with Crippen LogP contribution >= 0.6 is 8.69 Å². The molecule has 0 saturated heterocycles. The van der Waals surface area contributed by atoms with Crippen LogP contribution in [0.15, 0.2) is 18.2 Å². The molecule has 0 aliphatic carbocycles. The Morgan fingerprint density at radius 2 is 2.00 bits per heavy atom. The highest BCUT2D eigenvalue weighted by Crippen LogP contribution is 2.31. The Labute approximate surface area is 115 Å². The van der Waals surface area contributed by atoms with Gasteiger partial charge in [0.25, 0.3) is 0 Å². The van der Waals surface area contributed by atoms with Crippen molar-refractivity contribution in [1.29, 1.82) is 0 Å². The number of phenols is 1. The number of Topliss-reactive ketones (excluding diaryl/α,β-unsaturated/α-hetero) is 1. The number of ketones is 1. The molecule has 0 atom stereocenters. The van der Waals surface area contributed by atoms with E-state index in [0.717, 1.165) is 18.4 Å².